The van der Waals surface area contributed by atoms with Gasteiger partial charge in [-0.3, -0.25) is 0 Å². The van der Waals surface area contributed by atoms with Gasteiger partial charge in [-0.1, -0.05) is 0 Å². The average molecular weight is 191 g/mol. The van der Waals surface area contributed by atoms with Gasteiger partial charge in [0.1, 0.15) is 5.75 Å². The van der Waals surface area contributed by atoms with Gasteiger partial charge in [-0.2, -0.15) is 0 Å². The summed E-state index contributed by atoms with van der Waals surface area (Å²) >= 11 is 0. The van der Waals surface area contributed by atoms with E-state index in [0.29, 0.717) is 0 Å². The number of rotatable bonds is 3. The maximum Gasteiger partial charge on any atom is 0.122 e. The van der Waals surface area contributed by atoms with Gasteiger partial charge < -0.3 is 10.5 Å². The minimum absolute atomic E-state index is 0.212. The van der Waals surface area contributed by atoms with Gasteiger partial charge in [-0.15, -0.1) is 0 Å². The predicted octanol–water partition coefficient (Wildman–Crippen LogP) is 2.93. The summed E-state index contributed by atoms with van der Waals surface area (Å²) in [6, 6.07) is 6.07. The fraction of sp³-hybridized carbons (Fsp3) is 0.500. The van der Waals surface area contributed by atoms with Crippen LogP contribution in [0.4, 0.5) is 5.69 Å². The smallest absolute Gasteiger partial charge is 0.122 e. The number of hydrogen-bond acceptors (Lipinski definition) is 2. The molecule has 0 unspecified atom stereocenters. The predicted molar refractivity (Wildman–Crippen MR) is 58.6 cm³/mol. The molecule has 0 atom stereocenters. The molecule has 2 rings (SSSR count). The van der Waals surface area contributed by atoms with E-state index >= 15 is 0 Å². The lowest BCUT2D eigenvalue weighted by atomic mass is 10.1. The summed E-state index contributed by atoms with van der Waals surface area (Å²) < 4.78 is 5.63. The molecular formula is C12H17NO. The molecule has 1 saturated carbocycles. The first kappa shape index (κ1) is 9.38. The Labute approximate surface area is 85.1 Å². The third-order valence-corrected chi connectivity index (χ3v) is 2.37. The van der Waals surface area contributed by atoms with Crippen LogP contribution >= 0.6 is 0 Å². The third-order valence-electron chi connectivity index (χ3n) is 2.37. The Bertz CT molecular complexity index is 329. The van der Waals surface area contributed by atoms with E-state index in [9.17, 15) is 0 Å². The molecule has 1 aliphatic carbocycles. The van der Waals surface area contributed by atoms with E-state index < -0.39 is 0 Å². The molecule has 0 spiro atoms. The van der Waals surface area contributed by atoms with E-state index in [1.165, 1.54) is 18.4 Å². The van der Waals surface area contributed by atoms with Crippen molar-refractivity contribution in [3.05, 3.63) is 23.8 Å². The number of hydrogen-bond donors (Lipinski definition) is 1. The lowest BCUT2D eigenvalue weighted by Gasteiger charge is -2.11. The van der Waals surface area contributed by atoms with Crippen molar-refractivity contribution in [2.24, 2.45) is 0 Å². The van der Waals surface area contributed by atoms with Crippen molar-refractivity contribution >= 4 is 5.69 Å². The second-order valence-electron chi connectivity index (χ2n) is 4.28. The molecule has 1 aromatic rings. The highest BCUT2D eigenvalue weighted by Gasteiger charge is 2.24. The number of benzene rings is 1. The van der Waals surface area contributed by atoms with Gasteiger partial charge in [0.2, 0.25) is 0 Å². The number of nitrogen functional groups attached to an aromatic ring is 1. The highest BCUT2D eigenvalue weighted by molar-refractivity contribution is 5.49. The fourth-order valence-electron chi connectivity index (χ4n) is 1.64. The van der Waals surface area contributed by atoms with Gasteiger partial charge in [0.05, 0.1) is 6.10 Å². The third kappa shape index (κ3) is 2.19. The molecule has 0 aromatic heterocycles. The van der Waals surface area contributed by atoms with Gasteiger partial charge in [-0.25, -0.2) is 0 Å². The molecule has 2 N–H and O–H groups in total. The molecular weight excluding hydrogens is 174 g/mol. The molecule has 1 fully saturated rings. The normalized spacial score (nSPS) is 15.9. The molecule has 0 bridgehead atoms. The summed E-state index contributed by atoms with van der Waals surface area (Å²) in [7, 11) is 0. The van der Waals surface area contributed by atoms with Crippen LogP contribution in [0.1, 0.15) is 38.2 Å². The summed E-state index contributed by atoms with van der Waals surface area (Å²) in [4.78, 5) is 0. The van der Waals surface area contributed by atoms with Crippen LogP contribution in [0.3, 0.4) is 0 Å². The van der Waals surface area contributed by atoms with E-state index in [0.717, 1.165) is 17.4 Å². The second kappa shape index (κ2) is 3.52. The molecule has 1 aliphatic rings. The Morgan fingerprint density at radius 3 is 2.57 bits per heavy atom. The van der Waals surface area contributed by atoms with Gasteiger partial charge >= 0.3 is 0 Å². The van der Waals surface area contributed by atoms with E-state index in [-0.39, 0.29) is 6.10 Å². The van der Waals surface area contributed by atoms with Gasteiger partial charge in [0.15, 0.2) is 0 Å². The van der Waals surface area contributed by atoms with Crippen LogP contribution in [-0.2, 0) is 0 Å². The summed E-state index contributed by atoms with van der Waals surface area (Å²) in [5.74, 6) is 1.63. The van der Waals surface area contributed by atoms with Gasteiger partial charge in [0, 0.05) is 11.8 Å². The second-order valence-corrected chi connectivity index (χ2v) is 4.28. The Kier molecular flexibility index (Phi) is 2.36. The number of ether oxygens (including phenoxy) is 1. The van der Waals surface area contributed by atoms with Crippen molar-refractivity contribution < 1.29 is 4.74 Å². The maximum absolute atomic E-state index is 5.82. The van der Waals surface area contributed by atoms with Crippen LogP contribution in [0.25, 0.3) is 0 Å². The lowest BCUT2D eigenvalue weighted by molar-refractivity contribution is 0.242. The van der Waals surface area contributed by atoms with Crippen LogP contribution in [0, 0.1) is 0 Å². The monoisotopic (exact) mass is 191 g/mol. The summed E-state index contributed by atoms with van der Waals surface area (Å²) in [5, 5.41) is 0. The van der Waals surface area contributed by atoms with Crippen molar-refractivity contribution in [1.82, 2.24) is 0 Å². The van der Waals surface area contributed by atoms with Crippen LogP contribution < -0.4 is 10.5 Å². The van der Waals surface area contributed by atoms with E-state index in [4.69, 9.17) is 10.5 Å². The van der Waals surface area contributed by atoms with E-state index in [2.05, 4.69) is 12.1 Å². The van der Waals surface area contributed by atoms with E-state index in [1.54, 1.807) is 0 Å². The Balaban J connectivity index is 2.22. The summed E-state index contributed by atoms with van der Waals surface area (Å²) in [6.07, 6.45) is 2.80. The van der Waals surface area contributed by atoms with Crippen LogP contribution in [0.5, 0.6) is 5.75 Å². The van der Waals surface area contributed by atoms with Crippen LogP contribution in [0.15, 0.2) is 18.2 Å². The fourth-order valence-corrected chi connectivity index (χ4v) is 1.64. The summed E-state index contributed by atoms with van der Waals surface area (Å²) in [5.41, 5.74) is 7.96. The van der Waals surface area contributed by atoms with Gasteiger partial charge in [-0.05, 0) is 50.3 Å². The summed E-state index contributed by atoms with van der Waals surface area (Å²) in [6.45, 7) is 4.06. The van der Waals surface area contributed by atoms with Crippen molar-refractivity contribution in [3.8, 4) is 5.75 Å². The largest absolute Gasteiger partial charge is 0.491 e. The van der Waals surface area contributed by atoms with Gasteiger partial charge in [0.25, 0.3) is 0 Å². The highest BCUT2D eigenvalue weighted by atomic mass is 16.5. The first-order valence-electron chi connectivity index (χ1n) is 5.22. The Hall–Kier alpha value is -1.18. The molecule has 1 aromatic carbocycles. The standard InChI is InChI=1S/C12H17NO/c1-8(2)14-12-6-10(9-3-4-9)5-11(13)7-12/h5-9H,3-4,13H2,1-2H3. The first-order valence-corrected chi connectivity index (χ1v) is 5.22. The zero-order valence-electron chi connectivity index (χ0n) is 8.79. The van der Waals surface area contributed by atoms with Crippen molar-refractivity contribution in [3.63, 3.8) is 0 Å². The molecule has 14 heavy (non-hydrogen) atoms. The SMILES string of the molecule is CC(C)Oc1cc(N)cc(C2CC2)c1. The maximum atomic E-state index is 5.82. The van der Waals surface area contributed by atoms with Crippen molar-refractivity contribution in [2.75, 3.05) is 5.73 Å². The zero-order valence-corrected chi connectivity index (χ0v) is 8.79. The molecule has 2 nitrogen and oxygen atoms in total. The van der Waals surface area contributed by atoms with Crippen LogP contribution in [0.2, 0.25) is 0 Å². The Morgan fingerprint density at radius 2 is 2.00 bits per heavy atom. The zero-order chi connectivity index (χ0) is 10.1. The topological polar surface area (TPSA) is 35.2 Å². The quantitative estimate of drug-likeness (QED) is 0.745. The number of anilines is 1. The lowest BCUT2D eigenvalue weighted by Crippen LogP contribution is -2.06. The minimum atomic E-state index is 0.212. The van der Waals surface area contributed by atoms with Crippen LogP contribution in [-0.4, -0.2) is 6.10 Å². The Morgan fingerprint density at radius 1 is 1.29 bits per heavy atom. The van der Waals surface area contributed by atoms with E-state index in [1.807, 2.05) is 19.9 Å². The molecule has 0 radical (unpaired) electrons. The average Bonchev–Trinajstić information content (AvgIpc) is 2.82. The molecule has 76 valence electrons. The number of nitrogens with two attached hydrogens (primary N) is 1. The molecule has 0 heterocycles. The molecule has 0 saturated heterocycles. The molecule has 0 aliphatic heterocycles. The van der Waals surface area contributed by atoms with Crippen molar-refractivity contribution in [2.45, 2.75) is 38.7 Å². The first-order chi connectivity index (χ1) is 6.65. The van der Waals surface area contributed by atoms with Crippen molar-refractivity contribution in [1.29, 1.82) is 0 Å². The molecule has 0 amide bonds. The minimum Gasteiger partial charge on any atom is -0.491 e. The molecule has 2 heteroatoms. The highest BCUT2D eigenvalue weighted by Crippen LogP contribution is 2.42.